The molecule has 0 aromatic carbocycles. The van der Waals surface area contributed by atoms with Gasteiger partial charge in [-0.2, -0.15) is 0 Å². The van der Waals surface area contributed by atoms with E-state index in [4.69, 9.17) is 0 Å². The molecule has 0 spiro atoms. The van der Waals surface area contributed by atoms with Crippen molar-refractivity contribution in [3.8, 4) is 0 Å². The van der Waals surface area contributed by atoms with E-state index in [1.165, 1.54) is 31.3 Å². The molecular formula is C20H33N3O2. The molecule has 25 heavy (non-hydrogen) atoms. The first-order chi connectivity index (χ1) is 12.1. The number of rotatable bonds is 6. The SMILES string of the molecule is CC(=O)N1CCC[C@H]1[C@@H]1CCCN1CC(=O)NCCC1=CCCCC1. The Morgan fingerprint density at radius 1 is 1.12 bits per heavy atom. The summed E-state index contributed by atoms with van der Waals surface area (Å²) in [6, 6.07) is 0.665. The number of hydrogen-bond donors (Lipinski definition) is 1. The van der Waals surface area contributed by atoms with Gasteiger partial charge in [-0.25, -0.2) is 0 Å². The molecule has 0 saturated carbocycles. The maximum atomic E-state index is 12.4. The van der Waals surface area contributed by atoms with Gasteiger partial charge >= 0.3 is 0 Å². The Balaban J connectivity index is 1.45. The molecule has 1 N–H and O–H groups in total. The number of allylic oxidation sites excluding steroid dienone is 1. The molecule has 0 radical (unpaired) electrons. The van der Waals surface area contributed by atoms with Gasteiger partial charge < -0.3 is 10.2 Å². The van der Waals surface area contributed by atoms with Crippen molar-refractivity contribution in [2.45, 2.75) is 76.8 Å². The monoisotopic (exact) mass is 347 g/mol. The molecule has 3 rings (SSSR count). The van der Waals surface area contributed by atoms with E-state index in [0.29, 0.717) is 18.6 Å². The molecule has 0 unspecified atom stereocenters. The van der Waals surface area contributed by atoms with Crippen LogP contribution in [0.25, 0.3) is 0 Å². The Hall–Kier alpha value is -1.36. The minimum Gasteiger partial charge on any atom is -0.355 e. The Morgan fingerprint density at radius 3 is 2.68 bits per heavy atom. The molecular weight excluding hydrogens is 314 g/mol. The lowest BCUT2D eigenvalue weighted by Gasteiger charge is -2.34. The number of carbonyl (C=O) groups is 2. The van der Waals surface area contributed by atoms with Crippen molar-refractivity contribution in [3.63, 3.8) is 0 Å². The van der Waals surface area contributed by atoms with Crippen LogP contribution in [-0.2, 0) is 9.59 Å². The molecule has 0 aromatic rings. The summed E-state index contributed by atoms with van der Waals surface area (Å²) < 4.78 is 0. The fraction of sp³-hybridized carbons (Fsp3) is 0.800. The number of likely N-dealkylation sites (tertiary alicyclic amines) is 2. The molecule has 1 aliphatic carbocycles. The summed E-state index contributed by atoms with van der Waals surface area (Å²) in [6.45, 7) is 4.76. The van der Waals surface area contributed by atoms with Crippen LogP contribution in [0.15, 0.2) is 11.6 Å². The molecule has 2 atom stereocenters. The highest BCUT2D eigenvalue weighted by Crippen LogP contribution is 2.29. The summed E-state index contributed by atoms with van der Waals surface area (Å²) in [5, 5.41) is 3.10. The summed E-state index contributed by atoms with van der Waals surface area (Å²) in [4.78, 5) is 28.6. The highest BCUT2D eigenvalue weighted by Gasteiger charge is 2.39. The van der Waals surface area contributed by atoms with Crippen LogP contribution in [0.3, 0.4) is 0 Å². The van der Waals surface area contributed by atoms with Crippen molar-refractivity contribution >= 4 is 11.8 Å². The predicted molar refractivity (Wildman–Crippen MR) is 99.2 cm³/mol. The number of nitrogens with one attached hydrogen (secondary N) is 1. The van der Waals surface area contributed by atoms with Gasteiger partial charge in [0.2, 0.25) is 11.8 Å². The van der Waals surface area contributed by atoms with Crippen molar-refractivity contribution in [2.75, 3.05) is 26.2 Å². The van der Waals surface area contributed by atoms with Crippen LogP contribution < -0.4 is 5.32 Å². The molecule has 2 fully saturated rings. The van der Waals surface area contributed by atoms with E-state index in [1.54, 1.807) is 6.92 Å². The fourth-order valence-electron chi connectivity index (χ4n) is 4.80. The van der Waals surface area contributed by atoms with Crippen molar-refractivity contribution in [1.82, 2.24) is 15.1 Å². The molecule has 2 amide bonds. The third-order valence-electron chi connectivity index (χ3n) is 6.06. The first kappa shape index (κ1) is 18.4. The molecule has 5 heteroatoms. The van der Waals surface area contributed by atoms with Crippen molar-refractivity contribution < 1.29 is 9.59 Å². The van der Waals surface area contributed by atoms with Gasteiger partial charge in [-0.3, -0.25) is 14.5 Å². The second-order valence-electron chi connectivity index (χ2n) is 7.81. The number of carbonyl (C=O) groups excluding carboxylic acids is 2. The molecule has 2 saturated heterocycles. The summed E-state index contributed by atoms with van der Waals surface area (Å²) in [7, 11) is 0. The van der Waals surface area contributed by atoms with Gasteiger partial charge in [0, 0.05) is 32.1 Å². The standard InChI is InChI=1S/C20H33N3O2/c1-16(24)23-14-6-10-19(23)18-9-5-13-22(18)15-20(25)21-12-11-17-7-3-2-4-8-17/h7,18-19H,2-6,8-15H2,1H3,(H,21,25)/t18-,19-/m0/s1. The van der Waals surface area contributed by atoms with E-state index in [-0.39, 0.29) is 11.8 Å². The smallest absolute Gasteiger partial charge is 0.234 e. The summed E-state index contributed by atoms with van der Waals surface area (Å²) in [5.41, 5.74) is 1.51. The van der Waals surface area contributed by atoms with Gasteiger partial charge in [0.05, 0.1) is 6.54 Å². The molecule has 3 aliphatic rings. The highest BCUT2D eigenvalue weighted by atomic mass is 16.2. The van der Waals surface area contributed by atoms with Crippen molar-refractivity contribution in [3.05, 3.63) is 11.6 Å². The van der Waals surface area contributed by atoms with E-state index in [9.17, 15) is 9.59 Å². The third-order valence-corrected chi connectivity index (χ3v) is 6.06. The number of nitrogens with zero attached hydrogens (tertiary/aromatic N) is 2. The van der Waals surface area contributed by atoms with E-state index in [2.05, 4.69) is 16.3 Å². The van der Waals surface area contributed by atoms with Crippen LogP contribution in [-0.4, -0.2) is 59.9 Å². The maximum absolute atomic E-state index is 12.4. The van der Waals surface area contributed by atoms with Gasteiger partial charge in [0.15, 0.2) is 0 Å². The van der Waals surface area contributed by atoms with Gasteiger partial charge in [0.25, 0.3) is 0 Å². The zero-order valence-electron chi connectivity index (χ0n) is 15.6. The van der Waals surface area contributed by atoms with Crippen LogP contribution >= 0.6 is 0 Å². The predicted octanol–water partition coefficient (Wildman–Crippen LogP) is 2.47. The van der Waals surface area contributed by atoms with E-state index in [1.807, 2.05) is 4.90 Å². The Bertz CT molecular complexity index is 517. The number of amides is 2. The van der Waals surface area contributed by atoms with Crippen LogP contribution in [0.1, 0.15) is 64.7 Å². The first-order valence-electron chi connectivity index (χ1n) is 10.1. The zero-order valence-corrected chi connectivity index (χ0v) is 15.6. The van der Waals surface area contributed by atoms with E-state index in [0.717, 1.165) is 51.7 Å². The van der Waals surface area contributed by atoms with Gasteiger partial charge in [-0.15, -0.1) is 0 Å². The Labute approximate surface area is 151 Å². The zero-order chi connectivity index (χ0) is 17.6. The second kappa shape index (κ2) is 8.84. The molecule has 0 aromatic heterocycles. The summed E-state index contributed by atoms with van der Waals surface area (Å²) in [6.07, 6.45) is 12.8. The average Bonchev–Trinajstić information content (AvgIpc) is 3.24. The third kappa shape index (κ3) is 4.84. The van der Waals surface area contributed by atoms with E-state index >= 15 is 0 Å². The van der Waals surface area contributed by atoms with Gasteiger partial charge in [-0.1, -0.05) is 11.6 Å². The largest absolute Gasteiger partial charge is 0.355 e. The van der Waals surface area contributed by atoms with Gasteiger partial charge in [0.1, 0.15) is 0 Å². The normalized spacial score (nSPS) is 27.4. The molecule has 2 aliphatic heterocycles. The van der Waals surface area contributed by atoms with Crippen molar-refractivity contribution in [2.24, 2.45) is 0 Å². The average molecular weight is 348 g/mol. The minimum absolute atomic E-state index is 0.135. The second-order valence-corrected chi connectivity index (χ2v) is 7.81. The maximum Gasteiger partial charge on any atom is 0.234 e. The molecule has 140 valence electrons. The topological polar surface area (TPSA) is 52.7 Å². The van der Waals surface area contributed by atoms with E-state index < -0.39 is 0 Å². The summed E-state index contributed by atoms with van der Waals surface area (Å²) in [5.74, 6) is 0.315. The quantitative estimate of drug-likeness (QED) is 0.751. The minimum atomic E-state index is 0.135. The van der Waals surface area contributed by atoms with Gasteiger partial charge in [-0.05, 0) is 64.3 Å². The van der Waals surface area contributed by atoms with Crippen LogP contribution in [0.5, 0.6) is 0 Å². The molecule has 2 heterocycles. The Kier molecular flexibility index (Phi) is 6.51. The first-order valence-corrected chi connectivity index (χ1v) is 10.1. The lowest BCUT2D eigenvalue weighted by atomic mass is 9.97. The lowest BCUT2D eigenvalue weighted by Crippen LogP contribution is -2.50. The summed E-state index contributed by atoms with van der Waals surface area (Å²) >= 11 is 0. The van der Waals surface area contributed by atoms with Crippen LogP contribution in [0.4, 0.5) is 0 Å². The Morgan fingerprint density at radius 2 is 1.92 bits per heavy atom. The fourth-order valence-corrected chi connectivity index (χ4v) is 4.80. The number of hydrogen-bond acceptors (Lipinski definition) is 3. The van der Waals surface area contributed by atoms with Crippen molar-refractivity contribution in [1.29, 1.82) is 0 Å². The van der Waals surface area contributed by atoms with Crippen LogP contribution in [0.2, 0.25) is 0 Å². The lowest BCUT2D eigenvalue weighted by molar-refractivity contribution is -0.130. The molecule has 5 nitrogen and oxygen atoms in total. The molecule has 0 bridgehead atoms. The highest BCUT2D eigenvalue weighted by molar-refractivity contribution is 5.78. The van der Waals surface area contributed by atoms with Crippen LogP contribution in [0, 0.1) is 0 Å².